The zero-order chi connectivity index (χ0) is 17.9. The first kappa shape index (κ1) is 18.0. The lowest BCUT2D eigenvalue weighted by Gasteiger charge is -2.26. The Morgan fingerprint density at radius 1 is 1.25 bits per heavy atom. The fraction of sp³-hybridized carbons (Fsp3) is 0.400. The molecule has 0 saturated carbocycles. The fourth-order valence-electron chi connectivity index (χ4n) is 2.72. The highest BCUT2D eigenvalue weighted by molar-refractivity contribution is 5.94. The monoisotopic (exact) mass is 327 g/mol. The molecule has 1 aromatic carbocycles. The van der Waals surface area contributed by atoms with Crippen molar-refractivity contribution >= 4 is 11.9 Å². The van der Waals surface area contributed by atoms with Crippen molar-refractivity contribution < 1.29 is 14.3 Å². The van der Waals surface area contributed by atoms with Crippen LogP contribution in [0.5, 0.6) is 0 Å². The van der Waals surface area contributed by atoms with Gasteiger partial charge in [-0.1, -0.05) is 30.8 Å². The molecule has 1 unspecified atom stereocenters. The Kier molecular flexibility index (Phi) is 5.27. The summed E-state index contributed by atoms with van der Waals surface area (Å²) in [4.78, 5) is 23.8. The fourth-order valence-corrected chi connectivity index (χ4v) is 2.72. The van der Waals surface area contributed by atoms with Crippen molar-refractivity contribution in [3.05, 3.63) is 59.2 Å². The maximum Gasteiger partial charge on any atom is 0.408 e. The Bertz CT molecular complexity index is 695. The second kappa shape index (κ2) is 7.04. The van der Waals surface area contributed by atoms with Gasteiger partial charge in [-0.25, -0.2) is 4.79 Å². The van der Waals surface area contributed by atoms with E-state index in [4.69, 9.17) is 4.74 Å². The van der Waals surface area contributed by atoms with Crippen LogP contribution in [-0.4, -0.2) is 17.5 Å². The molecule has 1 amide bonds. The molecule has 128 valence electrons. The molecule has 0 aromatic heterocycles. The van der Waals surface area contributed by atoms with Crippen LogP contribution in [0.2, 0.25) is 0 Å². The van der Waals surface area contributed by atoms with Crippen LogP contribution < -0.4 is 5.32 Å². The maximum absolute atomic E-state index is 12.3. The van der Waals surface area contributed by atoms with E-state index in [1.165, 1.54) is 0 Å². The lowest BCUT2D eigenvalue weighted by Crippen LogP contribution is -2.36. The van der Waals surface area contributed by atoms with Gasteiger partial charge in [-0.15, -0.1) is 0 Å². The van der Waals surface area contributed by atoms with E-state index in [9.17, 15) is 9.59 Å². The second-order valence-corrected chi connectivity index (χ2v) is 7.10. The van der Waals surface area contributed by atoms with Crippen molar-refractivity contribution in [2.45, 2.75) is 52.2 Å². The summed E-state index contributed by atoms with van der Waals surface area (Å²) >= 11 is 0. The first-order chi connectivity index (χ1) is 11.2. The molecule has 0 aliphatic heterocycles. The molecule has 4 heteroatoms. The van der Waals surface area contributed by atoms with E-state index in [0.717, 1.165) is 22.3 Å². The molecule has 4 nitrogen and oxygen atoms in total. The Hall–Kier alpha value is -2.36. The van der Waals surface area contributed by atoms with Gasteiger partial charge in [0.15, 0.2) is 5.78 Å². The summed E-state index contributed by atoms with van der Waals surface area (Å²) in [6.45, 7) is 11.6. The third-order valence-electron chi connectivity index (χ3n) is 3.90. The van der Waals surface area contributed by atoms with Crippen LogP contribution in [0.15, 0.2) is 48.1 Å². The predicted octanol–water partition coefficient (Wildman–Crippen LogP) is 4.41. The summed E-state index contributed by atoms with van der Waals surface area (Å²) in [6, 6.07) is 7.40. The van der Waals surface area contributed by atoms with Gasteiger partial charge in [-0.05, 0) is 62.5 Å². The van der Waals surface area contributed by atoms with E-state index < -0.39 is 17.7 Å². The first-order valence-electron chi connectivity index (χ1n) is 8.15. The van der Waals surface area contributed by atoms with E-state index in [1.807, 2.05) is 52.0 Å². The number of benzene rings is 1. The molecule has 0 fully saturated rings. The van der Waals surface area contributed by atoms with E-state index in [1.54, 1.807) is 6.08 Å². The third kappa shape index (κ3) is 4.57. The molecule has 0 bridgehead atoms. The average Bonchev–Trinajstić information content (AvgIpc) is 2.90. The lowest BCUT2D eigenvalue weighted by atomic mass is 9.91. The van der Waals surface area contributed by atoms with Crippen LogP contribution in [0, 0.1) is 6.92 Å². The van der Waals surface area contributed by atoms with Gasteiger partial charge in [-0.2, -0.15) is 0 Å². The van der Waals surface area contributed by atoms with Crippen LogP contribution in [-0.2, 0) is 9.53 Å². The number of hydrogen-bond donors (Lipinski definition) is 1. The van der Waals surface area contributed by atoms with Crippen molar-refractivity contribution in [1.29, 1.82) is 0 Å². The van der Waals surface area contributed by atoms with Crippen LogP contribution in [0.3, 0.4) is 0 Å². The number of allylic oxidation sites excluding steroid dienone is 1. The number of alkyl carbamates (subject to hydrolysis) is 1. The van der Waals surface area contributed by atoms with E-state index >= 15 is 0 Å². The topological polar surface area (TPSA) is 55.4 Å². The van der Waals surface area contributed by atoms with Crippen molar-refractivity contribution in [3.8, 4) is 0 Å². The summed E-state index contributed by atoms with van der Waals surface area (Å²) in [6.07, 6.45) is 2.30. The molecule has 0 heterocycles. The highest BCUT2D eigenvalue weighted by atomic mass is 16.6. The molecular weight excluding hydrogens is 302 g/mol. The third-order valence-corrected chi connectivity index (χ3v) is 3.90. The number of carbonyl (C=O) groups excluding carboxylic acids is 2. The van der Waals surface area contributed by atoms with Crippen LogP contribution >= 0.6 is 0 Å². The number of ketones is 1. The summed E-state index contributed by atoms with van der Waals surface area (Å²) in [5.41, 5.74) is 3.05. The summed E-state index contributed by atoms with van der Waals surface area (Å²) in [7, 11) is 0. The minimum Gasteiger partial charge on any atom is -0.444 e. The van der Waals surface area contributed by atoms with Crippen LogP contribution in [0.4, 0.5) is 4.79 Å². The Labute approximate surface area is 143 Å². The zero-order valence-corrected chi connectivity index (χ0v) is 14.8. The van der Waals surface area contributed by atoms with Gasteiger partial charge in [-0.3, -0.25) is 4.79 Å². The highest BCUT2D eigenvalue weighted by Crippen LogP contribution is 2.33. The van der Waals surface area contributed by atoms with Crippen molar-refractivity contribution in [3.63, 3.8) is 0 Å². The van der Waals surface area contributed by atoms with Gasteiger partial charge in [0, 0.05) is 6.42 Å². The minimum atomic E-state index is -0.579. The van der Waals surface area contributed by atoms with Gasteiger partial charge in [0.1, 0.15) is 5.60 Å². The smallest absolute Gasteiger partial charge is 0.408 e. The van der Waals surface area contributed by atoms with Crippen molar-refractivity contribution in [1.82, 2.24) is 5.32 Å². The normalized spacial score (nSPS) is 15.7. The molecule has 1 aliphatic rings. The minimum absolute atomic E-state index is 0.104. The Morgan fingerprint density at radius 2 is 1.92 bits per heavy atom. The SMILES string of the molecule is C=C(C1=CC(=O)CC1)C(NC(=O)OC(C)(C)C)c1ccccc1C. The Balaban J connectivity index is 2.30. The largest absolute Gasteiger partial charge is 0.444 e. The van der Waals surface area contributed by atoms with E-state index in [2.05, 4.69) is 11.9 Å². The number of hydrogen-bond acceptors (Lipinski definition) is 3. The Morgan fingerprint density at radius 3 is 2.46 bits per heavy atom. The number of aryl methyl sites for hydroxylation is 1. The highest BCUT2D eigenvalue weighted by Gasteiger charge is 2.26. The standard InChI is InChI=1S/C20H25NO3/c1-13-8-6-7-9-17(13)18(21-19(23)24-20(3,4)5)14(2)15-10-11-16(22)12-15/h6-9,12,18H,2,10-11H2,1,3-5H3,(H,21,23). The zero-order valence-electron chi connectivity index (χ0n) is 14.8. The van der Waals surface area contributed by atoms with Crippen molar-refractivity contribution in [2.75, 3.05) is 0 Å². The molecule has 0 radical (unpaired) electrons. The molecule has 0 spiro atoms. The van der Waals surface area contributed by atoms with Crippen molar-refractivity contribution in [2.24, 2.45) is 0 Å². The van der Waals surface area contributed by atoms with Crippen LogP contribution in [0.25, 0.3) is 0 Å². The molecule has 1 aromatic rings. The first-order valence-corrected chi connectivity index (χ1v) is 8.15. The summed E-state index contributed by atoms with van der Waals surface area (Å²) in [5.74, 6) is 0.104. The molecule has 24 heavy (non-hydrogen) atoms. The van der Waals surface area contributed by atoms with Crippen LogP contribution in [0.1, 0.15) is 50.8 Å². The van der Waals surface area contributed by atoms with Gasteiger partial charge < -0.3 is 10.1 Å². The van der Waals surface area contributed by atoms with Gasteiger partial charge in [0.25, 0.3) is 0 Å². The average molecular weight is 327 g/mol. The number of amides is 1. The number of rotatable bonds is 4. The van der Waals surface area contributed by atoms with Gasteiger partial charge in [0.2, 0.25) is 0 Å². The molecular formula is C20H25NO3. The molecule has 1 N–H and O–H groups in total. The molecule has 2 rings (SSSR count). The summed E-state index contributed by atoms with van der Waals surface area (Å²) in [5, 5.41) is 2.91. The van der Waals surface area contributed by atoms with Gasteiger partial charge >= 0.3 is 6.09 Å². The van der Waals surface area contributed by atoms with E-state index in [-0.39, 0.29) is 5.78 Å². The number of carbonyl (C=O) groups is 2. The van der Waals surface area contributed by atoms with E-state index in [0.29, 0.717) is 12.8 Å². The number of nitrogens with one attached hydrogen (secondary N) is 1. The molecule has 1 aliphatic carbocycles. The quantitative estimate of drug-likeness (QED) is 0.891. The number of ether oxygens (including phenoxy) is 1. The summed E-state index contributed by atoms with van der Waals surface area (Å²) < 4.78 is 5.39. The maximum atomic E-state index is 12.3. The predicted molar refractivity (Wildman–Crippen MR) is 94.8 cm³/mol. The van der Waals surface area contributed by atoms with Gasteiger partial charge in [0.05, 0.1) is 6.04 Å². The molecule has 1 atom stereocenters. The second-order valence-electron chi connectivity index (χ2n) is 7.10. The lowest BCUT2D eigenvalue weighted by molar-refractivity contribution is -0.114. The molecule has 0 saturated heterocycles.